The summed E-state index contributed by atoms with van der Waals surface area (Å²) >= 11 is 6.01. The lowest BCUT2D eigenvalue weighted by Gasteiger charge is -2.46. The third kappa shape index (κ3) is 4.36. The van der Waals surface area contributed by atoms with Gasteiger partial charge in [0, 0.05) is 29.1 Å². The Kier molecular flexibility index (Phi) is 6.74. The molecule has 0 radical (unpaired) electrons. The van der Waals surface area contributed by atoms with E-state index in [0.29, 0.717) is 35.5 Å². The predicted molar refractivity (Wildman–Crippen MR) is 138 cm³/mol. The standard InChI is InChI=1S/C29H27ClFN3O4/c1-28(2,37)29(15-19-4-3-5-20(16-32)33-19)24-13-12-23(17-6-8-18(30)9-7-17)26(31)25(24)27(36)34(29)38-22-11-10-21(35)14-22/h3-9,12-13,21-22,35,37H,10-11,14-15H2,1-2H3/t21?,22?,29-/m1/s1. The Morgan fingerprint density at radius 1 is 1.21 bits per heavy atom. The number of aliphatic hydroxyl groups excluding tert-OH is 1. The molecule has 2 aliphatic rings. The number of amides is 1. The van der Waals surface area contributed by atoms with Gasteiger partial charge in [-0.3, -0.25) is 9.63 Å². The Labute approximate surface area is 225 Å². The third-order valence-electron chi connectivity index (χ3n) is 7.47. The van der Waals surface area contributed by atoms with Gasteiger partial charge in [-0.15, -0.1) is 0 Å². The Morgan fingerprint density at radius 2 is 1.95 bits per heavy atom. The number of pyridine rings is 1. The molecular weight excluding hydrogens is 509 g/mol. The minimum Gasteiger partial charge on any atom is -0.393 e. The topological polar surface area (TPSA) is 107 Å². The summed E-state index contributed by atoms with van der Waals surface area (Å²) in [5.74, 6) is -1.46. The number of halogens is 2. The second-order valence-corrected chi connectivity index (χ2v) is 10.8. The molecule has 2 heterocycles. The summed E-state index contributed by atoms with van der Waals surface area (Å²) in [6.07, 6.45) is 0.212. The van der Waals surface area contributed by atoms with Crippen LogP contribution in [-0.4, -0.2) is 44.0 Å². The summed E-state index contributed by atoms with van der Waals surface area (Å²) in [4.78, 5) is 24.6. The summed E-state index contributed by atoms with van der Waals surface area (Å²) in [6.45, 7) is 3.07. The van der Waals surface area contributed by atoms with Gasteiger partial charge in [0.25, 0.3) is 5.91 Å². The first-order chi connectivity index (χ1) is 18.0. The van der Waals surface area contributed by atoms with Gasteiger partial charge in [0.15, 0.2) is 0 Å². The Balaban J connectivity index is 1.71. The highest BCUT2D eigenvalue weighted by Crippen LogP contribution is 2.51. The fourth-order valence-electron chi connectivity index (χ4n) is 5.53. The first-order valence-electron chi connectivity index (χ1n) is 12.4. The molecule has 5 rings (SSSR count). The van der Waals surface area contributed by atoms with Gasteiger partial charge < -0.3 is 10.2 Å². The van der Waals surface area contributed by atoms with Crippen molar-refractivity contribution < 1.29 is 24.2 Å². The number of benzene rings is 2. The number of hydroxylamine groups is 2. The third-order valence-corrected chi connectivity index (χ3v) is 7.72. The minimum atomic E-state index is -1.64. The number of fused-ring (bicyclic) bond motifs is 1. The maximum Gasteiger partial charge on any atom is 0.281 e. The number of nitriles is 1. The van der Waals surface area contributed by atoms with Crippen molar-refractivity contribution in [1.29, 1.82) is 5.26 Å². The molecule has 0 spiro atoms. The highest BCUT2D eigenvalue weighted by atomic mass is 35.5. The molecule has 3 atom stereocenters. The van der Waals surface area contributed by atoms with E-state index in [0.717, 1.165) is 5.06 Å². The van der Waals surface area contributed by atoms with Crippen LogP contribution in [0.25, 0.3) is 11.1 Å². The van der Waals surface area contributed by atoms with Gasteiger partial charge in [0.1, 0.15) is 23.1 Å². The zero-order valence-electron chi connectivity index (χ0n) is 21.0. The molecule has 9 heteroatoms. The molecule has 1 aliphatic carbocycles. The van der Waals surface area contributed by atoms with Crippen LogP contribution in [0.3, 0.4) is 0 Å². The summed E-state index contributed by atoms with van der Waals surface area (Å²) in [7, 11) is 0. The molecule has 2 unspecified atom stereocenters. The molecular formula is C29H27ClFN3O4. The monoisotopic (exact) mass is 535 g/mol. The second kappa shape index (κ2) is 9.75. The number of carbonyl (C=O) groups excluding carboxylic acids is 1. The van der Waals surface area contributed by atoms with Crippen molar-refractivity contribution in [1.82, 2.24) is 10.0 Å². The average molecular weight is 536 g/mol. The summed E-state index contributed by atoms with van der Waals surface area (Å²) < 4.78 is 16.2. The van der Waals surface area contributed by atoms with Crippen LogP contribution in [0.5, 0.6) is 0 Å². The van der Waals surface area contributed by atoms with E-state index in [-0.39, 0.29) is 28.8 Å². The number of hydrogen-bond acceptors (Lipinski definition) is 6. The number of aromatic nitrogens is 1. The highest BCUT2D eigenvalue weighted by Gasteiger charge is 2.61. The maximum absolute atomic E-state index is 16.2. The van der Waals surface area contributed by atoms with Crippen LogP contribution in [0.15, 0.2) is 54.6 Å². The Bertz CT molecular complexity index is 1430. The van der Waals surface area contributed by atoms with Gasteiger partial charge >= 0.3 is 0 Å². The molecule has 1 aromatic heterocycles. The van der Waals surface area contributed by atoms with E-state index in [1.807, 2.05) is 6.07 Å². The lowest BCUT2D eigenvalue weighted by Crippen LogP contribution is -2.59. The van der Waals surface area contributed by atoms with Crippen molar-refractivity contribution in [2.45, 2.75) is 62.9 Å². The molecule has 3 aromatic rings. The molecule has 196 valence electrons. The van der Waals surface area contributed by atoms with Crippen molar-refractivity contribution in [2.75, 3.05) is 0 Å². The van der Waals surface area contributed by atoms with Gasteiger partial charge in [0.2, 0.25) is 0 Å². The van der Waals surface area contributed by atoms with Crippen molar-refractivity contribution in [3.05, 3.63) is 88.0 Å². The second-order valence-electron chi connectivity index (χ2n) is 10.4. The molecule has 0 bridgehead atoms. The average Bonchev–Trinajstić information content (AvgIpc) is 3.40. The van der Waals surface area contributed by atoms with Crippen LogP contribution in [0.4, 0.5) is 4.39 Å². The molecule has 38 heavy (non-hydrogen) atoms. The molecule has 1 aliphatic heterocycles. The summed E-state index contributed by atoms with van der Waals surface area (Å²) in [6, 6.07) is 16.7. The molecule has 7 nitrogen and oxygen atoms in total. The van der Waals surface area contributed by atoms with Gasteiger partial charge in [-0.2, -0.15) is 5.26 Å². The van der Waals surface area contributed by atoms with E-state index in [4.69, 9.17) is 16.4 Å². The van der Waals surface area contributed by atoms with E-state index >= 15 is 4.39 Å². The van der Waals surface area contributed by atoms with Gasteiger partial charge in [-0.05, 0) is 62.1 Å². The van der Waals surface area contributed by atoms with Crippen LogP contribution in [-0.2, 0) is 16.8 Å². The molecule has 1 amide bonds. The fourth-order valence-corrected chi connectivity index (χ4v) is 5.66. The lowest BCUT2D eigenvalue weighted by molar-refractivity contribution is -0.254. The number of rotatable bonds is 6. The first kappa shape index (κ1) is 26.3. The number of nitrogens with zero attached hydrogens (tertiary/aromatic N) is 3. The molecule has 0 saturated heterocycles. The van der Waals surface area contributed by atoms with Crippen LogP contribution < -0.4 is 0 Å². The number of carbonyl (C=O) groups is 1. The maximum atomic E-state index is 16.2. The number of aliphatic hydroxyl groups is 2. The largest absolute Gasteiger partial charge is 0.393 e. The van der Waals surface area contributed by atoms with Crippen molar-refractivity contribution in [3.8, 4) is 17.2 Å². The summed E-state index contributed by atoms with van der Waals surface area (Å²) in [5.41, 5.74) is -1.80. The quantitative estimate of drug-likeness (QED) is 0.464. The zero-order chi connectivity index (χ0) is 27.2. The number of hydrogen-bond donors (Lipinski definition) is 2. The minimum absolute atomic E-state index is 0.0419. The summed E-state index contributed by atoms with van der Waals surface area (Å²) in [5, 5.41) is 32.7. The van der Waals surface area contributed by atoms with Crippen molar-refractivity contribution in [3.63, 3.8) is 0 Å². The van der Waals surface area contributed by atoms with Crippen LogP contribution in [0.1, 0.15) is 60.4 Å². The van der Waals surface area contributed by atoms with Gasteiger partial charge in [-0.25, -0.2) is 14.4 Å². The molecule has 2 aromatic carbocycles. The molecule has 1 fully saturated rings. The van der Waals surface area contributed by atoms with Gasteiger partial charge in [-0.1, -0.05) is 41.9 Å². The van der Waals surface area contributed by atoms with E-state index in [1.54, 1.807) is 54.6 Å². The molecule has 1 saturated carbocycles. The van der Waals surface area contributed by atoms with Crippen LogP contribution in [0, 0.1) is 17.1 Å². The van der Waals surface area contributed by atoms with Crippen LogP contribution in [0.2, 0.25) is 5.02 Å². The Morgan fingerprint density at radius 3 is 2.58 bits per heavy atom. The van der Waals surface area contributed by atoms with E-state index < -0.39 is 35.1 Å². The predicted octanol–water partition coefficient (Wildman–Crippen LogP) is 4.92. The lowest BCUT2D eigenvalue weighted by atomic mass is 9.73. The smallest absolute Gasteiger partial charge is 0.281 e. The van der Waals surface area contributed by atoms with E-state index in [1.165, 1.54) is 13.8 Å². The Hall–Kier alpha value is -3.35. The normalized spacial score (nSPS) is 23.0. The van der Waals surface area contributed by atoms with E-state index in [2.05, 4.69) is 4.98 Å². The fraction of sp³-hybridized carbons (Fsp3) is 0.345. The molecule has 2 N–H and O–H groups in total. The zero-order valence-corrected chi connectivity index (χ0v) is 21.7. The van der Waals surface area contributed by atoms with Crippen LogP contribution >= 0.6 is 11.6 Å². The highest BCUT2D eigenvalue weighted by molar-refractivity contribution is 6.30. The SMILES string of the molecule is CC(C)(O)[C@@]1(Cc2cccc(C#N)n2)c2ccc(-c3ccc(Cl)cc3)c(F)c2C(=O)N1OC1CCC(O)C1. The van der Waals surface area contributed by atoms with Gasteiger partial charge in [0.05, 0.1) is 23.4 Å². The first-order valence-corrected chi connectivity index (χ1v) is 12.8. The van der Waals surface area contributed by atoms with E-state index in [9.17, 15) is 20.3 Å². The van der Waals surface area contributed by atoms with Crippen molar-refractivity contribution >= 4 is 17.5 Å². The van der Waals surface area contributed by atoms with Crippen molar-refractivity contribution in [2.24, 2.45) is 0 Å².